The average molecular weight is 2100 g/mol. The van der Waals surface area contributed by atoms with E-state index in [1.54, 1.807) is 42.3 Å². The number of nitrogen functional groups attached to an aromatic ring is 2. The number of urea groups is 1. The largest absolute Gasteiger partial charge is 1.00 e. The predicted octanol–water partition coefficient (Wildman–Crippen LogP) is 12.9. The van der Waals surface area contributed by atoms with Gasteiger partial charge in [0.2, 0.25) is 6.08 Å². The van der Waals surface area contributed by atoms with E-state index in [1.807, 2.05) is 149 Å². The number of fused-ring (bicyclic) bond motifs is 3. The number of rotatable bonds is 19. The molecule has 4 amide bonds. The van der Waals surface area contributed by atoms with Gasteiger partial charge < -0.3 is 82.8 Å². The van der Waals surface area contributed by atoms with Gasteiger partial charge in [-0.25, -0.2) is 43.0 Å². The number of hydrogen-bond acceptors (Lipinski definition) is 27. The van der Waals surface area contributed by atoms with Gasteiger partial charge in [-0.1, -0.05) is 63.0 Å². The summed E-state index contributed by atoms with van der Waals surface area (Å²) < 4.78 is 40.0. The van der Waals surface area contributed by atoms with Crippen LogP contribution in [0.25, 0.3) is 22.9 Å². The molecule has 0 radical (unpaired) electrons. The first-order valence-electron chi connectivity index (χ1n) is 45.3. The number of nitrogens with zero attached hydrogens (tertiary/aromatic N) is 15. The SMILES string of the molecule is CCc1nccc(Br)c1C.COC(CN=C=O)OC.COC(CNC(=O)Nc1c2c(nn1-c1cc(C)cc(C)c1)CCN(C(=O)OC(C)(C)C)C2)OC.Cc1cc(C)cc(-n2nc3c(c2-n2cc[nH]c2=O)CNCC3)c1.Cc1cc(C)cc(-n2nc3c(c2N)CN(C(=O)OC(C)(C)C)CC3)c1.Cc1cc(C)cc(NN)c1.Cc1nccc(Br)c1C.Cl.N#CC1=C(N)CCNC1.N#CCCNCCC#N.[H-].[K+]. The molecule has 40 heteroatoms. The van der Waals surface area contributed by atoms with Crippen LogP contribution in [0.15, 0.2) is 140 Å². The van der Waals surface area contributed by atoms with Crippen molar-refractivity contribution in [3.8, 4) is 41.1 Å². The van der Waals surface area contributed by atoms with Crippen LogP contribution in [0.4, 0.5) is 31.7 Å². The molecule has 4 aliphatic heterocycles. The maximum Gasteiger partial charge on any atom is 1.00 e. The van der Waals surface area contributed by atoms with Crippen LogP contribution in [0.2, 0.25) is 0 Å². The third-order valence-corrected chi connectivity index (χ3v) is 22.8. The number of amides is 4. The standard InChI is InChI=1S/C24H35N5O5.C19H26N4O2.C17H19N5O.C8H10BrN.C8H12N2.C7H8BrN.2C6H9N3.C5H9NO3.ClH.K.H/c1-15-10-16(2)12-17(11-15)29-21(26-22(30)25-13-20(32-6)33-7)18-14-28(9-8-19(18)27-29)23(31)34-24(3,4)5;1-12-8-13(2)10-14(9-12)23-17(20)15-11-22(7-6-16(15)21-23)18(24)25-19(3,4)5;1-11-7-12(2)9-13(8-11)22-16(21-6-5-19-17(21)23)14-10-18-4-3-15(14)20-22;1-3-8-6(2)7(9)4-5-10-8;1-6-3-7(2)5-8(4-6)10-9;1-5-6(2)9-4-3-7(5)8;7-3-5-4-9-2-1-6(5)8;7-3-1-5-9-6-2-4-8;1-8-5(9-2)3-6-4-7;;;/h10-12,20H,8-9,13-14H2,1-7H3,(H2,25,26,30);8-10H,6-7,11,20H2,1-5H3;5-9,18H,3-4,10H2,1-2H3,(H,19,23);4-5H,3H2,1-2H3;3-5,10H,9H2,1-2H3;3-4H,1-2H3;9H,1-2,4,8H2;9H,1-2,5-6H2;5H,3H2,1-2H3;1H;;/q;;;;;;;;;;+1;-1. The Morgan fingerprint density at radius 3 is 1.49 bits per heavy atom. The van der Waals surface area contributed by atoms with Gasteiger partial charge in [0.05, 0.1) is 77.6 Å². The van der Waals surface area contributed by atoms with Crippen LogP contribution in [0.5, 0.6) is 0 Å². The van der Waals surface area contributed by atoms with Crippen molar-refractivity contribution in [3.63, 3.8) is 0 Å². The topological polar surface area (TPSA) is 481 Å². The van der Waals surface area contributed by atoms with E-state index in [9.17, 15) is 24.0 Å². The molecule has 0 saturated heterocycles. The minimum atomic E-state index is -0.596. The third-order valence-electron chi connectivity index (χ3n) is 21.1. The van der Waals surface area contributed by atoms with Gasteiger partial charge in [0.25, 0.3) is 0 Å². The number of halogens is 3. The molecule has 14 rings (SSSR count). The first kappa shape index (κ1) is 121. The summed E-state index contributed by atoms with van der Waals surface area (Å²) in [7, 11) is 5.97. The Kier molecular flexibility index (Phi) is 53.0. The van der Waals surface area contributed by atoms with E-state index in [1.165, 1.54) is 84.7 Å². The van der Waals surface area contributed by atoms with Crippen molar-refractivity contribution in [1.29, 1.82) is 15.8 Å². The van der Waals surface area contributed by atoms with Crippen LogP contribution in [0, 0.1) is 110 Å². The van der Waals surface area contributed by atoms with Gasteiger partial charge in [-0.2, -0.15) is 31.1 Å². The number of aromatic amines is 1. The fourth-order valence-corrected chi connectivity index (χ4v) is 15.2. The third kappa shape index (κ3) is 39.6. The first-order valence-corrected chi connectivity index (χ1v) is 46.9. The summed E-state index contributed by atoms with van der Waals surface area (Å²) in [4.78, 5) is 77.2. The smallest absolute Gasteiger partial charge is 1.00 e. The number of benzene rings is 4. The summed E-state index contributed by atoms with van der Waals surface area (Å²) in [5.74, 6) is 7.16. The number of imidazole rings is 1. The molecule has 0 spiro atoms. The van der Waals surface area contributed by atoms with E-state index < -0.39 is 35.9 Å². The molecular formula is C100H139Br2ClKN25O11. The minimum absolute atomic E-state index is 0. The number of carbonyl (C=O) groups excluding carboxylic acids is 4. The zero-order valence-electron chi connectivity index (χ0n) is 86.1. The molecule has 0 atom stereocenters. The van der Waals surface area contributed by atoms with Crippen molar-refractivity contribution in [1.82, 2.24) is 79.9 Å². The summed E-state index contributed by atoms with van der Waals surface area (Å²) in [6.07, 6.45) is 11.7. The molecule has 140 heavy (non-hydrogen) atoms. The number of anilines is 3. The minimum Gasteiger partial charge on any atom is -1.00 e. The Bertz CT molecular complexity index is 5860. The predicted molar refractivity (Wildman–Crippen MR) is 552 cm³/mol. The van der Waals surface area contributed by atoms with Gasteiger partial charge >= 0.3 is 75.3 Å². The Morgan fingerprint density at radius 1 is 0.600 bits per heavy atom. The molecule has 4 aliphatic rings. The number of H-pyrrole nitrogens is 1. The number of methoxy groups -OCH3 is 4. The van der Waals surface area contributed by atoms with Gasteiger partial charge in [-0.05, 0) is 240 Å². The van der Waals surface area contributed by atoms with E-state index >= 15 is 0 Å². The van der Waals surface area contributed by atoms with Crippen LogP contribution < -0.4 is 106 Å². The van der Waals surface area contributed by atoms with Gasteiger partial charge in [-0.3, -0.25) is 25.7 Å². The maximum absolute atomic E-state index is 12.8. The number of nitriles is 3. The van der Waals surface area contributed by atoms with Crippen molar-refractivity contribution in [2.24, 2.45) is 16.6 Å². The molecule has 36 nitrogen and oxygen atoms in total. The average Bonchev–Trinajstić information content (AvgIpc) is 1.62. The number of aryl methyl sites for hydroxylation is 10. The van der Waals surface area contributed by atoms with Crippen molar-refractivity contribution < 1.29 is 100 Å². The molecular weight excluding hydrogens is 1960 g/mol. The number of hydrazine groups is 1. The molecule has 6 aromatic heterocycles. The fraction of sp³-hybridized carbons (Fsp3) is 0.450. The normalized spacial score (nSPS) is 12.5. The molecule has 0 saturated carbocycles. The van der Waals surface area contributed by atoms with Gasteiger partial charge in [0.1, 0.15) is 35.2 Å². The maximum atomic E-state index is 12.8. The number of nitrogens with two attached hydrogens (primary N) is 3. The fourth-order valence-electron chi connectivity index (χ4n) is 14.4. The number of ether oxygens (including phenoxy) is 6. The summed E-state index contributed by atoms with van der Waals surface area (Å²) in [5, 5.41) is 53.9. The number of isocyanates is 1. The zero-order valence-corrected chi connectivity index (χ0v) is 92.2. The summed E-state index contributed by atoms with van der Waals surface area (Å²) in [6, 6.07) is 34.3. The Labute approximate surface area is 890 Å². The van der Waals surface area contributed by atoms with Crippen molar-refractivity contribution in [3.05, 3.63) is 241 Å². The van der Waals surface area contributed by atoms with Crippen molar-refractivity contribution in [2.75, 3.05) is 104 Å². The summed E-state index contributed by atoms with van der Waals surface area (Å²) >= 11 is 6.85. The van der Waals surface area contributed by atoms with Gasteiger partial charge in [-0.15, -0.1) is 12.4 Å². The van der Waals surface area contributed by atoms with Crippen LogP contribution in [0.3, 0.4) is 0 Å². The second-order valence-corrected chi connectivity index (χ2v) is 36.6. The quantitative estimate of drug-likeness (QED) is 0.00683. The Morgan fingerprint density at radius 2 is 1.05 bits per heavy atom. The Balaban J connectivity index is 0.000000429. The Hall–Kier alpha value is -10.8. The molecule has 4 aromatic carbocycles. The molecule has 0 fully saturated rings. The molecule has 10 heterocycles. The van der Waals surface area contributed by atoms with E-state index in [2.05, 4.69) is 179 Å². The second-order valence-electron chi connectivity index (χ2n) is 34.9. The van der Waals surface area contributed by atoms with Crippen LogP contribution in [0.1, 0.15) is 170 Å². The van der Waals surface area contributed by atoms with Crippen molar-refractivity contribution in [2.45, 2.75) is 213 Å². The van der Waals surface area contributed by atoms with Crippen LogP contribution >= 0.6 is 44.3 Å². The number of nitrogens with one attached hydrogen (secondary N) is 7. The summed E-state index contributed by atoms with van der Waals surface area (Å²) in [5.41, 5.74) is 38.1. The first-order chi connectivity index (χ1) is 65.6. The number of aromatic nitrogens is 10. The van der Waals surface area contributed by atoms with E-state index in [-0.39, 0.29) is 96.6 Å². The molecule has 13 N–H and O–H groups in total. The molecule has 752 valence electrons. The van der Waals surface area contributed by atoms with Crippen molar-refractivity contribution >= 4 is 85.9 Å². The number of carbonyl (C=O) groups is 3. The summed E-state index contributed by atoms with van der Waals surface area (Å²) in [6.45, 7) is 42.5. The number of hydrogen-bond donors (Lipinski definition) is 10. The second kappa shape index (κ2) is 61.1. The monoisotopic (exact) mass is 2100 g/mol. The van der Waals surface area contributed by atoms with E-state index in [0.717, 1.165) is 133 Å². The number of pyridine rings is 2. The zero-order chi connectivity index (χ0) is 102. The van der Waals surface area contributed by atoms with Crippen LogP contribution in [-0.4, -0.2) is 194 Å². The molecule has 0 unspecified atom stereocenters. The number of aliphatic imine (C=N–C) groups is 1. The van der Waals surface area contributed by atoms with E-state index in [4.69, 9.17) is 71.7 Å². The molecule has 10 aromatic rings. The molecule has 0 bridgehead atoms. The molecule has 0 aliphatic carbocycles. The van der Waals surface area contributed by atoms with Crippen LogP contribution in [-0.2, 0) is 78.5 Å². The van der Waals surface area contributed by atoms with E-state index in [0.29, 0.717) is 82.2 Å². The van der Waals surface area contributed by atoms with Gasteiger partial charge in [0, 0.05) is 193 Å². The van der Waals surface area contributed by atoms with Gasteiger partial charge in [0.15, 0.2) is 12.6 Å².